The minimum atomic E-state index is 0.660. The summed E-state index contributed by atoms with van der Waals surface area (Å²) in [5.41, 5.74) is 4.00. The van der Waals surface area contributed by atoms with Crippen molar-refractivity contribution in [3.63, 3.8) is 0 Å². The number of rotatable bonds is 3. The molecule has 0 heteroatoms. The Kier molecular flexibility index (Phi) is 3.60. The summed E-state index contributed by atoms with van der Waals surface area (Å²) in [7, 11) is 0. The van der Waals surface area contributed by atoms with Gasteiger partial charge in [-0.1, -0.05) is 78.9 Å². The molecular weight excluding hydrogens is 228 g/mol. The van der Waals surface area contributed by atoms with Crippen molar-refractivity contribution < 1.29 is 0 Å². The van der Waals surface area contributed by atoms with E-state index in [1.807, 2.05) is 0 Å². The van der Waals surface area contributed by atoms with Crippen LogP contribution in [0, 0.1) is 5.92 Å². The molecule has 0 aromatic heterocycles. The molecule has 1 unspecified atom stereocenters. The maximum atomic E-state index is 2.31. The van der Waals surface area contributed by atoms with E-state index in [-0.39, 0.29) is 0 Å². The first kappa shape index (κ1) is 12.0. The zero-order valence-electron chi connectivity index (χ0n) is 11.0. The van der Waals surface area contributed by atoms with Crippen molar-refractivity contribution >= 4 is 0 Å². The largest absolute Gasteiger partial charge is 0.0840 e. The first-order valence-electron chi connectivity index (χ1n) is 6.89. The number of hydrogen-bond donors (Lipinski definition) is 0. The van der Waals surface area contributed by atoms with Crippen LogP contribution in [0.1, 0.15) is 12.0 Å². The molecule has 0 bridgehead atoms. The highest BCUT2D eigenvalue weighted by atomic mass is 14.1. The lowest BCUT2D eigenvalue weighted by Gasteiger charge is -2.13. The lowest BCUT2D eigenvalue weighted by Crippen LogP contribution is -2.01. The normalized spacial score (nSPS) is 17.6. The van der Waals surface area contributed by atoms with Crippen LogP contribution in [0.3, 0.4) is 0 Å². The molecule has 1 atom stereocenters. The van der Waals surface area contributed by atoms with E-state index < -0.39 is 0 Å². The Hall–Kier alpha value is -2.08. The highest BCUT2D eigenvalue weighted by Gasteiger charge is 2.06. The highest BCUT2D eigenvalue weighted by molar-refractivity contribution is 5.63. The van der Waals surface area contributed by atoms with E-state index in [1.165, 1.54) is 16.7 Å². The maximum absolute atomic E-state index is 2.31. The lowest BCUT2D eigenvalue weighted by molar-refractivity contribution is 0.653. The van der Waals surface area contributed by atoms with E-state index in [4.69, 9.17) is 0 Å². The van der Waals surface area contributed by atoms with Gasteiger partial charge >= 0.3 is 0 Å². The van der Waals surface area contributed by atoms with Crippen molar-refractivity contribution in [3.8, 4) is 11.1 Å². The van der Waals surface area contributed by atoms with Gasteiger partial charge in [0.25, 0.3) is 0 Å². The molecule has 0 fully saturated rings. The molecule has 0 saturated heterocycles. The fraction of sp³-hybridized carbons (Fsp3) is 0.158. The Morgan fingerprint density at radius 3 is 2.21 bits per heavy atom. The summed E-state index contributed by atoms with van der Waals surface area (Å²) < 4.78 is 0. The van der Waals surface area contributed by atoms with Crippen molar-refractivity contribution in [2.24, 2.45) is 5.92 Å². The first-order chi connectivity index (χ1) is 9.42. The third-order valence-electron chi connectivity index (χ3n) is 3.63. The van der Waals surface area contributed by atoms with Gasteiger partial charge < -0.3 is 0 Å². The fourth-order valence-electron chi connectivity index (χ4n) is 2.55. The second-order valence-electron chi connectivity index (χ2n) is 5.08. The predicted molar refractivity (Wildman–Crippen MR) is 82.0 cm³/mol. The zero-order chi connectivity index (χ0) is 12.9. The highest BCUT2D eigenvalue weighted by Crippen LogP contribution is 2.22. The van der Waals surface area contributed by atoms with Gasteiger partial charge in [-0.05, 0) is 35.4 Å². The third kappa shape index (κ3) is 3.03. The van der Waals surface area contributed by atoms with E-state index in [2.05, 4.69) is 78.9 Å². The Morgan fingerprint density at radius 2 is 1.53 bits per heavy atom. The van der Waals surface area contributed by atoms with Crippen LogP contribution in [0.25, 0.3) is 11.1 Å². The van der Waals surface area contributed by atoms with Crippen molar-refractivity contribution in [1.82, 2.24) is 0 Å². The Balaban J connectivity index is 1.72. The summed E-state index contributed by atoms with van der Waals surface area (Å²) in [4.78, 5) is 0. The Morgan fingerprint density at radius 1 is 0.789 bits per heavy atom. The molecule has 0 radical (unpaired) electrons. The van der Waals surface area contributed by atoms with Crippen LogP contribution >= 0.6 is 0 Å². The third-order valence-corrected chi connectivity index (χ3v) is 3.63. The van der Waals surface area contributed by atoms with Gasteiger partial charge in [0.05, 0.1) is 0 Å². The zero-order valence-corrected chi connectivity index (χ0v) is 11.0. The van der Waals surface area contributed by atoms with Gasteiger partial charge in [-0.3, -0.25) is 0 Å². The van der Waals surface area contributed by atoms with Crippen LogP contribution in [0.4, 0.5) is 0 Å². The van der Waals surface area contributed by atoms with Crippen LogP contribution in [0.15, 0.2) is 78.9 Å². The molecule has 19 heavy (non-hydrogen) atoms. The van der Waals surface area contributed by atoms with Gasteiger partial charge in [0, 0.05) is 0 Å². The van der Waals surface area contributed by atoms with E-state index in [0.717, 1.165) is 12.8 Å². The predicted octanol–water partition coefficient (Wildman–Crippen LogP) is 5.03. The van der Waals surface area contributed by atoms with Gasteiger partial charge in [0.1, 0.15) is 0 Å². The molecule has 0 saturated carbocycles. The average molecular weight is 246 g/mol. The van der Waals surface area contributed by atoms with Gasteiger partial charge in [-0.15, -0.1) is 0 Å². The summed E-state index contributed by atoms with van der Waals surface area (Å²) >= 11 is 0. The van der Waals surface area contributed by atoms with Crippen LogP contribution in [0.2, 0.25) is 0 Å². The fourth-order valence-corrected chi connectivity index (χ4v) is 2.55. The Bertz CT molecular complexity index is 573. The SMILES string of the molecule is C1=CCC(Cc2ccc(-c3ccccc3)cc2)C=C1. The van der Waals surface area contributed by atoms with Crippen molar-refractivity contribution in [2.45, 2.75) is 12.8 Å². The van der Waals surface area contributed by atoms with Gasteiger partial charge in [-0.2, -0.15) is 0 Å². The first-order valence-corrected chi connectivity index (χ1v) is 6.89. The molecule has 0 nitrogen and oxygen atoms in total. The summed E-state index contributed by atoms with van der Waals surface area (Å²) in [6, 6.07) is 19.5. The number of allylic oxidation sites excluding steroid dienone is 4. The molecule has 0 heterocycles. The summed E-state index contributed by atoms with van der Waals surface area (Å²) in [6.45, 7) is 0. The molecule has 2 aromatic carbocycles. The molecule has 3 rings (SSSR count). The minimum Gasteiger partial charge on any atom is -0.0840 e. The molecule has 1 aliphatic rings. The second kappa shape index (κ2) is 5.71. The summed E-state index contributed by atoms with van der Waals surface area (Å²) in [6.07, 6.45) is 11.2. The van der Waals surface area contributed by atoms with E-state index in [0.29, 0.717) is 5.92 Å². The molecule has 94 valence electrons. The minimum absolute atomic E-state index is 0.660. The summed E-state index contributed by atoms with van der Waals surface area (Å²) in [5, 5.41) is 0. The van der Waals surface area contributed by atoms with Crippen molar-refractivity contribution in [3.05, 3.63) is 84.5 Å². The van der Waals surface area contributed by atoms with Gasteiger partial charge in [0.2, 0.25) is 0 Å². The van der Waals surface area contributed by atoms with Crippen LogP contribution in [-0.2, 0) is 6.42 Å². The van der Waals surface area contributed by atoms with E-state index in [1.54, 1.807) is 0 Å². The van der Waals surface area contributed by atoms with Crippen molar-refractivity contribution in [2.75, 3.05) is 0 Å². The lowest BCUT2D eigenvalue weighted by atomic mass is 9.92. The van der Waals surface area contributed by atoms with Crippen molar-refractivity contribution in [1.29, 1.82) is 0 Å². The topological polar surface area (TPSA) is 0 Å². The van der Waals surface area contributed by atoms with Crippen LogP contribution in [-0.4, -0.2) is 0 Å². The molecule has 0 amide bonds. The average Bonchev–Trinajstić information content (AvgIpc) is 2.50. The monoisotopic (exact) mass is 246 g/mol. The van der Waals surface area contributed by atoms with Crippen LogP contribution < -0.4 is 0 Å². The maximum Gasteiger partial charge on any atom is -0.0155 e. The number of hydrogen-bond acceptors (Lipinski definition) is 0. The molecule has 0 N–H and O–H groups in total. The quantitative estimate of drug-likeness (QED) is 0.712. The molecule has 0 spiro atoms. The van der Waals surface area contributed by atoms with Gasteiger partial charge in [-0.25, -0.2) is 0 Å². The molecule has 1 aliphatic carbocycles. The molecular formula is C19H18. The second-order valence-corrected chi connectivity index (χ2v) is 5.08. The summed E-state index contributed by atoms with van der Waals surface area (Å²) in [5.74, 6) is 0.660. The molecule has 2 aromatic rings. The smallest absolute Gasteiger partial charge is 0.0155 e. The van der Waals surface area contributed by atoms with Crippen LogP contribution in [0.5, 0.6) is 0 Å². The standard InChI is InChI=1S/C19H18/c1-3-7-16(8-4-1)15-17-11-13-19(14-12-17)18-9-5-2-6-10-18/h1-7,9-14,16H,8,15H2. The molecule has 0 aliphatic heterocycles. The van der Waals surface area contributed by atoms with Gasteiger partial charge in [0.15, 0.2) is 0 Å². The van der Waals surface area contributed by atoms with E-state index >= 15 is 0 Å². The van der Waals surface area contributed by atoms with E-state index in [9.17, 15) is 0 Å². The Labute approximate surface area is 115 Å². The number of benzene rings is 2.